The van der Waals surface area contributed by atoms with Crippen molar-refractivity contribution in [3.05, 3.63) is 52.8 Å². The van der Waals surface area contributed by atoms with Crippen LogP contribution in [0.3, 0.4) is 0 Å². The highest BCUT2D eigenvalue weighted by molar-refractivity contribution is 5.79. The quantitative estimate of drug-likeness (QED) is 0.408. The van der Waals surface area contributed by atoms with Gasteiger partial charge in [0.2, 0.25) is 5.91 Å². The van der Waals surface area contributed by atoms with Crippen LogP contribution in [-0.4, -0.2) is 46.7 Å². The van der Waals surface area contributed by atoms with Gasteiger partial charge in [0.05, 0.1) is 5.69 Å². The molecule has 2 aromatic rings. The van der Waals surface area contributed by atoms with Crippen LogP contribution < -0.4 is 10.6 Å². The van der Waals surface area contributed by atoms with E-state index in [2.05, 4.69) is 58.0 Å². The number of carbonyl (C=O) groups excluding carboxylic acids is 1. The average Bonchev–Trinajstić information content (AvgIpc) is 3.25. The number of amides is 1. The lowest BCUT2D eigenvalue weighted by atomic mass is 10.1. The molecule has 156 valence electrons. The fraction of sp³-hybridized carbons (Fsp3) is 0.500. The molecule has 0 aliphatic carbocycles. The maximum Gasteiger partial charge on any atom is 0.222 e. The van der Waals surface area contributed by atoms with Crippen LogP contribution in [0.2, 0.25) is 0 Å². The van der Waals surface area contributed by atoms with Crippen LogP contribution in [0.25, 0.3) is 0 Å². The van der Waals surface area contributed by atoms with Gasteiger partial charge in [-0.2, -0.15) is 5.10 Å². The Hall–Kier alpha value is -2.83. The van der Waals surface area contributed by atoms with Crippen molar-refractivity contribution in [1.29, 1.82) is 0 Å². The van der Waals surface area contributed by atoms with Crippen LogP contribution in [0.5, 0.6) is 0 Å². The summed E-state index contributed by atoms with van der Waals surface area (Å²) >= 11 is 0. The number of benzene rings is 1. The molecule has 3 rings (SSSR count). The first-order valence-corrected chi connectivity index (χ1v) is 10.4. The third-order valence-corrected chi connectivity index (χ3v) is 5.16. The van der Waals surface area contributed by atoms with Gasteiger partial charge in [0.25, 0.3) is 0 Å². The number of rotatable bonds is 8. The molecule has 1 aromatic carbocycles. The summed E-state index contributed by atoms with van der Waals surface area (Å²) in [5.74, 6) is 1.05. The van der Waals surface area contributed by atoms with Crippen molar-refractivity contribution in [2.75, 3.05) is 20.1 Å². The Labute approximate surface area is 173 Å². The molecule has 0 atom stereocenters. The molecular formula is C22H32N6O. The van der Waals surface area contributed by atoms with Crippen molar-refractivity contribution in [3.63, 3.8) is 0 Å². The molecule has 0 bridgehead atoms. The molecule has 1 saturated heterocycles. The molecule has 7 nitrogen and oxygen atoms in total. The number of hydrogen-bond acceptors (Lipinski definition) is 3. The molecule has 2 heterocycles. The van der Waals surface area contributed by atoms with Gasteiger partial charge in [-0.25, -0.2) is 0 Å². The molecule has 1 aliphatic rings. The summed E-state index contributed by atoms with van der Waals surface area (Å²) in [5, 5.41) is 11.2. The van der Waals surface area contributed by atoms with Gasteiger partial charge >= 0.3 is 0 Å². The summed E-state index contributed by atoms with van der Waals surface area (Å²) in [6, 6.07) is 10.5. The SMILES string of the molecule is CN=C(NCCCn1nc(C)cc1C)NCc1cccc(CN2CCCC2=O)c1. The monoisotopic (exact) mass is 396 g/mol. The lowest BCUT2D eigenvalue weighted by Gasteiger charge is -2.16. The van der Waals surface area contributed by atoms with Crippen LogP contribution in [0.15, 0.2) is 35.3 Å². The van der Waals surface area contributed by atoms with Crippen molar-refractivity contribution in [2.45, 2.75) is 52.7 Å². The topological polar surface area (TPSA) is 74.6 Å². The van der Waals surface area contributed by atoms with Gasteiger partial charge in [-0.05, 0) is 43.9 Å². The standard InChI is InChI=1S/C22H32N6O/c1-17-13-18(2)28(26-17)12-6-10-24-22(23-3)25-15-19-7-4-8-20(14-19)16-27-11-5-9-21(27)29/h4,7-8,13-14H,5-6,9-12,15-16H2,1-3H3,(H2,23,24,25). The van der Waals surface area contributed by atoms with E-state index in [1.165, 1.54) is 16.8 Å². The molecule has 1 aromatic heterocycles. The number of aliphatic imine (C=N–C) groups is 1. The molecule has 1 aliphatic heterocycles. The zero-order valence-electron chi connectivity index (χ0n) is 17.7. The van der Waals surface area contributed by atoms with Crippen LogP contribution in [-0.2, 0) is 24.4 Å². The second kappa shape index (κ2) is 10.1. The number of nitrogens with one attached hydrogen (secondary N) is 2. The molecule has 2 N–H and O–H groups in total. The average molecular weight is 397 g/mol. The third-order valence-electron chi connectivity index (χ3n) is 5.16. The molecule has 0 radical (unpaired) electrons. The first-order chi connectivity index (χ1) is 14.0. The maximum atomic E-state index is 11.8. The van der Waals surface area contributed by atoms with Crippen LogP contribution in [0.1, 0.15) is 41.8 Å². The lowest BCUT2D eigenvalue weighted by Crippen LogP contribution is -2.37. The van der Waals surface area contributed by atoms with Gasteiger partial charge in [-0.3, -0.25) is 14.5 Å². The summed E-state index contributed by atoms with van der Waals surface area (Å²) in [4.78, 5) is 18.1. The number of hydrogen-bond donors (Lipinski definition) is 2. The highest BCUT2D eigenvalue weighted by atomic mass is 16.2. The second-order valence-corrected chi connectivity index (χ2v) is 7.60. The van der Waals surface area contributed by atoms with Gasteiger partial charge in [0.15, 0.2) is 5.96 Å². The van der Waals surface area contributed by atoms with Crippen LogP contribution >= 0.6 is 0 Å². The van der Waals surface area contributed by atoms with E-state index in [4.69, 9.17) is 0 Å². The van der Waals surface area contributed by atoms with Gasteiger partial charge in [0.1, 0.15) is 0 Å². The summed E-state index contributed by atoms with van der Waals surface area (Å²) < 4.78 is 2.05. The predicted molar refractivity (Wildman–Crippen MR) is 116 cm³/mol. The van der Waals surface area contributed by atoms with Crippen molar-refractivity contribution in [3.8, 4) is 0 Å². The first-order valence-electron chi connectivity index (χ1n) is 10.4. The summed E-state index contributed by atoms with van der Waals surface area (Å²) in [5.41, 5.74) is 4.61. The van der Waals surface area contributed by atoms with Gasteiger partial charge in [-0.15, -0.1) is 0 Å². The molecule has 7 heteroatoms. The van der Waals surface area contributed by atoms with E-state index in [0.29, 0.717) is 19.5 Å². The Morgan fingerprint density at radius 2 is 2.03 bits per heavy atom. The highest BCUT2D eigenvalue weighted by Gasteiger charge is 2.19. The number of aromatic nitrogens is 2. The molecule has 0 saturated carbocycles. The van der Waals surface area contributed by atoms with Crippen LogP contribution in [0, 0.1) is 13.8 Å². The maximum absolute atomic E-state index is 11.8. The minimum Gasteiger partial charge on any atom is -0.356 e. The number of guanidine groups is 1. The first kappa shape index (κ1) is 20.9. The minimum atomic E-state index is 0.263. The molecule has 1 amide bonds. The molecule has 29 heavy (non-hydrogen) atoms. The third kappa shape index (κ3) is 6.07. The summed E-state index contributed by atoms with van der Waals surface area (Å²) in [6.07, 6.45) is 2.63. The van der Waals surface area contributed by atoms with Crippen molar-refractivity contribution in [2.24, 2.45) is 4.99 Å². The molecule has 1 fully saturated rings. The Morgan fingerprint density at radius 3 is 2.72 bits per heavy atom. The second-order valence-electron chi connectivity index (χ2n) is 7.60. The Bertz CT molecular complexity index is 857. The summed E-state index contributed by atoms with van der Waals surface area (Å²) in [6.45, 7) is 8.09. The Morgan fingerprint density at radius 1 is 1.21 bits per heavy atom. The van der Waals surface area contributed by atoms with Crippen LogP contribution in [0.4, 0.5) is 0 Å². The summed E-state index contributed by atoms with van der Waals surface area (Å²) in [7, 11) is 1.78. The smallest absolute Gasteiger partial charge is 0.222 e. The van der Waals surface area contributed by atoms with Gasteiger partial charge in [-0.1, -0.05) is 24.3 Å². The van der Waals surface area contributed by atoms with Gasteiger partial charge in [0, 0.05) is 51.9 Å². The van der Waals surface area contributed by atoms with Crippen molar-refractivity contribution in [1.82, 2.24) is 25.3 Å². The van der Waals surface area contributed by atoms with Crippen molar-refractivity contribution < 1.29 is 4.79 Å². The molecular weight excluding hydrogens is 364 g/mol. The molecule has 0 unspecified atom stereocenters. The number of aryl methyl sites for hydroxylation is 3. The van der Waals surface area contributed by atoms with E-state index < -0.39 is 0 Å². The zero-order chi connectivity index (χ0) is 20.6. The highest BCUT2D eigenvalue weighted by Crippen LogP contribution is 2.15. The van der Waals surface area contributed by atoms with E-state index >= 15 is 0 Å². The minimum absolute atomic E-state index is 0.263. The zero-order valence-corrected chi connectivity index (χ0v) is 17.7. The van der Waals surface area contributed by atoms with Crippen molar-refractivity contribution >= 4 is 11.9 Å². The number of likely N-dealkylation sites (tertiary alicyclic amines) is 1. The largest absolute Gasteiger partial charge is 0.356 e. The van der Waals surface area contributed by atoms with E-state index in [-0.39, 0.29) is 5.91 Å². The van der Waals surface area contributed by atoms with E-state index in [1.807, 2.05) is 16.5 Å². The Kier molecular flexibility index (Phi) is 7.27. The fourth-order valence-electron chi connectivity index (χ4n) is 3.67. The number of nitrogens with zero attached hydrogens (tertiary/aromatic N) is 4. The Balaban J connectivity index is 1.42. The fourth-order valence-corrected chi connectivity index (χ4v) is 3.67. The molecule has 0 spiro atoms. The number of carbonyl (C=O) groups is 1. The van der Waals surface area contributed by atoms with E-state index in [1.54, 1.807) is 7.05 Å². The normalized spacial score (nSPS) is 14.5. The lowest BCUT2D eigenvalue weighted by molar-refractivity contribution is -0.128. The predicted octanol–water partition coefficient (Wildman–Crippen LogP) is 2.38. The van der Waals surface area contributed by atoms with Gasteiger partial charge < -0.3 is 15.5 Å². The van der Waals surface area contributed by atoms with E-state index in [0.717, 1.165) is 44.1 Å². The van der Waals surface area contributed by atoms with E-state index in [9.17, 15) is 4.79 Å².